The molecule has 3 amide bonds. The summed E-state index contributed by atoms with van der Waals surface area (Å²) in [4.78, 5) is 43.4. The maximum atomic E-state index is 12.9. The Morgan fingerprint density at radius 2 is 1.77 bits per heavy atom. The lowest BCUT2D eigenvalue weighted by Crippen LogP contribution is -2.45. The zero-order chi connectivity index (χ0) is 29.3. The second kappa shape index (κ2) is 14.4. The Morgan fingerprint density at radius 1 is 1.12 bits per heavy atom. The lowest BCUT2D eigenvalue weighted by Gasteiger charge is -2.32. The van der Waals surface area contributed by atoms with Gasteiger partial charge in [0.25, 0.3) is 5.91 Å². The Labute approximate surface area is 235 Å². The molecule has 218 valence electrons. The number of halogens is 3. The predicted molar refractivity (Wildman–Crippen MR) is 146 cm³/mol. The van der Waals surface area contributed by atoms with Crippen LogP contribution in [-0.2, 0) is 14.4 Å². The number of nitriles is 1. The number of alkyl halides is 3. The van der Waals surface area contributed by atoms with E-state index in [1.165, 1.54) is 4.90 Å². The second-order valence-corrected chi connectivity index (χ2v) is 10.5. The van der Waals surface area contributed by atoms with Crippen LogP contribution in [0.2, 0.25) is 0 Å². The smallest absolute Gasteiger partial charge is 0.383 e. The number of hydrogen-bond donors (Lipinski definition) is 4. The molecule has 2 heterocycles. The van der Waals surface area contributed by atoms with Gasteiger partial charge >= 0.3 is 6.18 Å². The molecule has 2 aliphatic rings. The minimum atomic E-state index is -4.55. The van der Waals surface area contributed by atoms with E-state index in [4.69, 9.17) is 0 Å². The van der Waals surface area contributed by atoms with E-state index in [-0.39, 0.29) is 29.9 Å². The van der Waals surface area contributed by atoms with E-state index in [0.29, 0.717) is 24.3 Å². The normalized spacial score (nSPS) is 19.8. The van der Waals surface area contributed by atoms with Crippen molar-refractivity contribution in [1.29, 1.82) is 5.26 Å². The summed E-state index contributed by atoms with van der Waals surface area (Å²) >= 11 is 0.996. The maximum absolute atomic E-state index is 12.9. The van der Waals surface area contributed by atoms with E-state index in [0.717, 1.165) is 37.9 Å². The quantitative estimate of drug-likeness (QED) is 0.174. The average Bonchev–Trinajstić information content (AvgIpc) is 3.22. The number of benzene rings is 1. The molecule has 2 fully saturated rings. The number of carbonyl (C=O) groups is 3. The van der Waals surface area contributed by atoms with Gasteiger partial charge in [0.1, 0.15) is 28.5 Å². The van der Waals surface area contributed by atoms with Gasteiger partial charge in [-0.2, -0.15) is 18.4 Å². The van der Waals surface area contributed by atoms with E-state index in [9.17, 15) is 32.8 Å². The summed E-state index contributed by atoms with van der Waals surface area (Å²) in [6.07, 6.45) is -4.15. The van der Waals surface area contributed by atoms with Crippen LogP contribution in [0.25, 0.3) is 0 Å². The Hall–Kier alpha value is -3.32. The molecule has 0 radical (unpaired) electrons. The van der Waals surface area contributed by atoms with Crippen LogP contribution in [0.3, 0.4) is 0 Å². The van der Waals surface area contributed by atoms with Crippen LogP contribution >= 0.6 is 11.8 Å². The Balaban J connectivity index is 1.51. The van der Waals surface area contributed by atoms with Crippen molar-refractivity contribution in [2.24, 2.45) is 0 Å². The Kier molecular flexibility index (Phi) is 11.2. The van der Waals surface area contributed by atoms with Gasteiger partial charge in [-0.25, -0.2) is 5.43 Å². The third-order valence-electron chi connectivity index (χ3n) is 6.31. The van der Waals surface area contributed by atoms with Crippen molar-refractivity contribution in [3.05, 3.63) is 34.9 Å². The minimum absolute atomic E-state index is 0.0718. The van der Waals surface area contributed by atoms with Crippen molar-refractivity contribution in [3.8, 4) is 6.07 Å². The molecule has 0 spiro atoms. The van der Waals surface area contributed by atoms with Gasteiger partial charge < -0.3 is 25.3 Å². The van der Waals surface area contributed by atoms with Gasteiger partial charge in [0.15, 0.2) is 0 Å². The van der Waals surface area contributed by atoms with Gasteiger partial charge in [-0.3, -0.25) is 19.8 Å². The SMILES string of the molecule is CCN1C(=O)C(CNc2ccc(NC(=O)CCN3CCN(C)CC3)cc2)S/C1=C(/C#N)C(=O)NNCC(F)(F)F. The summed E-state index contributed by atoms with van der Waals surface area (Å²) in [7, 11) is 2.08. The molecule has 40 heavy (non-hydrogen) atoms. The van der Waals surface area contributed by atoms with E-state index < -0.39 is 29.5 Å². The first-order valence-corrected chi connectivity index (χ1v) is 13.7. The molecule has 11 nitrogen and oxygen atoms in total. The highest BCUT2D eigenvalue weighted by Gasteiger charge is 2.39. The zero-order valence-corrected chi connectivity index (χ0v) is 23.1. The lowest BCUT2D eigenvalue weighted by atomic mass is 10.2. The fourth-order valence-corrected chi connectivity index (χ4v) is 5.33. The monoisotopic (exact) mass is 582 g/mol. The van der Waals surface area contributed by atoms with Gasteiger partial charge in [0, 0.05) is 63.6 Å². The molecule has 0 saturated carbocycles. The standard InChI is InChI=1S/C25H33F3N8O3S/c1-3-36-23(39)20(40-24(36)19(14-29)22(38)33-31-16-25(26,27)28)15-30-17-4-6-18(7-5-17)32-21(37)8-9-35-12-10-34(2)11-13-35/h4-7,20,30-31H,3,8-13,15-16H2,1-2H3,(H,32,37)(H,33,38)/b24-19-. The number of thioether (sulfide) groups is 1. The number of nitrogens with one attached hydrogen (secondary N) is 4. The molecule has 3 rings (SSSR count). The number of rotatable bonds is 11. The van der Waals surface area contributed by atoms with Crippen molar-refractivity contribution in [3.63, 3.8) is 0 Å². The van der Waals surface area contributed by atoms with Crippen LogP contribution in [0, 0.1) is 11.3 Å². The summed E-state index contributed by atoms with van der Waals surface area (Å²) in [5.74, 6) is -1.46. The van der Waals surface area contributed by atoms with Crippen molar-refractivity contribution in [2.45, 2.75) is 24.8 Å². The van der Waals surface area contributed by atoms with Crippen molar-refractivity contribution < 1.29 is 27.6 Å². The number of anilines is 2. The molecule has 1 aromatic rings. The maximum Gasteiger partial charge on any atom is 0.402 e. The third-order valence-corrected chi connectivity index (χ3v) is 7.61. The van der Waals surface area contributed by atoms with Gasteiger partial charge in [0.05, 0.1) is 0 Å². The largest absolute Gasteiger partial charge is 0.402 e. The summed E-state index contributed by atoms with van der Waals surface area (Å²) in [5, 5.41) is 14.9. The number of likely N-dealkylation sites (N-methyl/N-ethyl adjacent to an activating group) is 1. The van der Waals surface area contributed by atoms with E-state index >= 15 is 0 Å². The van der Waals surface area contributed by atoms with Crippen LogP contribution in [0.15, 0.2) is 34.9 Å². The third kappa shape index (κ3) is 9.12. The zero-order valence-electron chi connectivity index (χ0n) is 22.3. The highest BCUT2D eigenvalue weighted by atomic mass is 32.2. The second-order valence-electron chi connectivity index (χ2n) is 9.31. The van der Waals surface area contributed by atoms with Gasteiger partial charge in [-0.1, -0.05) is 11.8 Å². The number of amides is 3. The van der Waals surface area contributed by atoms with Gasteiger partial charge in [-0.15, -0.1) is 0 Å². The summed E-state index contributed by atoms with van der Waals surface area (Å²) < 4.78 is 37.0. The van der Waals surface area contributed by atoms with Crippen LogP contribution < -0.4 is 21.5 Å². The summed E-state index contributed by atoms with van der Waals surface area (Å²) in [5.41, 5.74) is 4.48. The Bertz CT molecular complexity index is 1130. The first-order chi connectivity index (χ1) is 19.0. The van der Waals surface area contributed by atoms with Crippen LogP contribution in [0.5, 0.6) is 0 Å². The molecule has 0 aliphatic carbocycles. The average molecular weight is 583 g/mol. The number of nitrogens with zero attached hydrogens (tertiary/aromatic N) is 4. The molecule has 15 heteroatoms. The van der Waals surface area contributed by atoms with Gasteiger partial charge in [0.2, 0.25) is 11.8 Å². The molecule has 1 aromatic carbocycles. The highest BCUT2D eigenvalue weighted by Crippen LogP contribution is 2.37. The fraction of sp³-hybridized carbons (Fsp3) is 0.520. The summed E-state index contributed by atoms with van der Waals surface area (Å²) in [6, 6.07) is 8.70. The van der Waals surface area contributed by atoms with Crippen molar-refractivity contribution >= 4 is 40.9 Å². The van der Waals surface area contributed by atoms with Gasteiger partial charge in [-0.05, 0) is 38.2 Å². The molecular weight excluding hydrogens is 549 g/mol. The van der Waals surface area contributed by atoms with Crippen molar-refractivity contribution in [2.75, 3.05) is 70.0 Å². The lowest BCUT2D eigenvalue weighted by molar-refractivity contribution is -0.130. The molecule has 0 bridgehead atoms. The van der Waals surface area contributed by atoms with E-state index in [1.54, 1.807) is 42.7 Å². The summed E-state index contributed by atoms with van der Waals surface area (Å²) in [6.45, 7) is 5.13. The number of piperazine rings is 1. The first-order valence-electron chi connectivity index (χ1n) is 12.8. The number of hydrogen-bond acceptors (Lipinski definition) is 9. The minimum Gasteiger partial charge on any atom is -0.383 e. The number of carbonyl (C=O) groups excluding carboxylic acids is 3. The van der Waals surface area contributed by atoms with E-state index in [1.807, 2.05) is 5.43 Å². The highest BCUT2D eigenvalue weighted by molar-refractivity contribution is 8.04. The molecular formula is C25H33F3N8O3S. The Morgan fingerprint density at radius 3 is 2.38 bits per heavy atom. The number of hydrazine groups is 1. The van der Waals surface area contributed by atoms with E-state index in [2.05, 4.69) is 27.5 Å². The van der Waals surface area contributed by atoms with Crippen LogP contribution in [-0.4, -0.2) is 103 Å². The predicted octanol–water partition coefficient (Wildman–Crippen LogP) is 1.56. The molecule has 1 atom stereocenters. The molecule has 4 N–H and O–H groups in total. The van der Waals surface area contributed by atoms with Crippen LogP contribution in [0.4, 0.5) is 24.5 Å². The molecule has 2 aliphatic heterocycles. The molecule has 2 saturated heterocycles. The molecule has 1 unspecified atom stereocenters. The first kappa shape index (κ1) is 31.2. The van der Waals surface area contributed by atoms with Crippen LogP contribution in [0.1, 0.15) is 13.3 Å². The molecule has 0 aromatic heterocycles. The fourth-order valence-electron chi connectivity index (χ4n) is 4.06. The topological polar surface area (TPSA) is 133 Å². The van der Waals surface area contributed by atoms with Crippen molar-refractivity contribution in [1.82, 2.24) is 25.6 Å².